The summed E-state index contributed by atoms with van der Waals surface area (Å²) in [6.45, 7) is -1.13. The van der Waals surface area contributed by atoms with E-state index in [0.717, 1.165) is 44.9 Å². The maximum absolute atomic E-state index is 12.2. The first kappa shape index (κ1) is 17.0. The highest BCUT2D eigenvalue weighted by Crippen LogP contribution is 2.27. The zero-order valence-corrected chi connectivity index (χ0v) is 12.6. The lowest BCUT2D eigenvalue weighted by molar-refractivity contribution is -0.188. The van der Waals surface area contributed by atoms with Crippen molar-refractivity contribution in [1.82, 2.24) is 5.32 Å². The third kappa shape index (κ3) is 6.12. The van der Waals surface area contributed by atoms with Gasteiger partial charge in [0.1, 0.15) is 6.61 Å². The van der Waals surface area contributed by atoms with Crippen LogP contribution in [0.1, 0.15) is 51.4 Å². The van der Waals surface area contributed by atoms with Crippen LogP contribution in [-0.4, -0.2) is 44.2 Å². The molecule has 2 aliphatic carbocycles. The van der Waals surface area contributed by atoms with Crippen LogP contribution in [0.15, 0.2) is 0 Å². The molecule has 0 bridgehead atoms. The van der Waals surface area contributed by atoms with Gasteiger partial charge in [0.05, 0.1) is 12.2 Å². The highest BCUT2D eigenvalue weighted by atomic mass is 19.4. The first-order chi connectivity index (χ1) is 9.96. The molecule has 1 N–H and O–H groups in total. The number of halogens is 3. The van der Waals surface area contributed by atoms with E-state index in [-0.39, 0.29) is 12.1 Å². The first-order valence-electron chi connectivity index (χ1n) is 7.93. The second-order valence-electron chi connectivity index (χ2n) is 6.30. The van der Waals surface area contributed by atoms with E-state index in [2.05, 4.69) is 5.32 Å². The molecule has 2 rings (SSSR count). The van der Waals surface area contributed by atoms with Crippen LogP contribution >= 0.6 is 0 Å². The zero-order valence-electron chi connectivity index (χ0n) is 12.6. The van der Waals surface area contributed by atoms with E-state index in [1.54, 1.807) is 7.11 Å². The number of ether oxygens (including phenoxy) is 2. The monoisotopic (exact) mass is 309 g/mol. The van der Waals surface area contributed by atoms with Crippen LogP contribution in [-0.2, 0) is 9.47 Å². The second kappa shape index (κ2) is 7.79. The summed E-state index contributed by atoms with van der Waals surface area (Å²) in [6, 6.07) is 0.702. The van der Waals surface area contributed by atoms with Crippen LogP contribution in [0.2, 0.25) is 0 Å². The summed E-state index contributed by atoms with van der Waals surface area (Å²) in [4.78, 5) is 0. The minimum Gasteiger partial charge on any atom is -0.381 e. The van der Waals surface area contributed by atoms with E-state index in [9.17, 15) is 13.2 Å². The number of rotatable bonds is 5. The fraction of sp³-hybridized carbons (Fsp3) is 1.00. The van der Waals surface area contributed by atoms with Gasteiger partial charge in [0, 0.05) is 19.2 Å². The highest BCUT2D eigenvalue weighted by molar-refractivity contribution is 4.85. The molecule has 0 saturated heterocycles. The average Bonchev–Trinajstić information content (AvgIpc) is 2.45. The molecule has 0 aromatic rings. The Balaban J connectivity index is 1.73. The smallest absolute Gasteiger partial charge is 0.381 e. The Labute approximate surface area is 124 Å². The van der Waals surface area contributed by atoms with Crippen LogP contribution in [0, 0.1) is 0 Å². The maximum Gasteiger partial charge on any atom is 0.411 e. The predicted octanol–water partition coefficient (Wildman–Crippen LogP) is 3.42. The molecular formula is C15H26F3NO2. The Morgan fingerprint density at radius 3 is 2.10 bits per heavy atom. The third-order valence-electron chi connectivity index (χ3n) is 4.54. The Hall–Kier alpha value is -0.330. The van der Waals surface area contributed by atoms with Crippen molar-refractivity contribution in [2.24, 2.45) is 0 Å². The molecule has 3 nitrogen and oxygen atoms in total. The van der Waals surface area contributed by atoms with Crippen LogP contribution in [0.25, 0.3) is 0 Å². The van der Waals surface area contributed by atoms with Gasteiger partial charge in [-0.2, -0.15) is 13.2 Å². The van der Waals surface area contributed by atoms with Gasteiger partial charge >= 0.3 is 6.18 Å². The summed E-state index contributed by atoms with van der Waals surface area (Å²) in [5.74, 6) is 0. The van der Waals surface area contributed by atoms with Gasteiger partial charge in [0.25, 0.3) is 0 Å². The first-order valence-corrected chi connectivity index (χ1v) is 7.93. The lowest BCUT2D eigenvalue weighted by Crippen LogP contribution is -2.45. The molecule has 4 atom stereocenters. The molecule has 21 heavy (non-hydrogen) atoms. The molecule has 2 aliphatic rings. The van der Waals surface area contributed by atoms with Gasteiger partial charge in [-0.15, -0.1) is 0 Å². The van der Waals surface area contributed by atoms with Crippen LogP contribution in [0.4, 0.5) is 13.2 Å². The predicted molar refractivity (Wildman–Crippen MR) is 74.2 cm³/mol. The van der Waals surface area contributed by atoms with Crippen molar-refractivity contribution in [2.75, 3.05) is 13.7 Å². The van der Waals surface area contributed by atoms with Gasteiger partial charge in [-0.25, -0.2) is 0 Å². The molecule has 2 fully saturated rings. The van der Waals surface area contributed by atoms with E-state index in [0.29, 0.717) is 18.6 Å². The lowest BCUT2D eigenvalue weighted by atomic mass is 9.88. The summed E-state index contributed by atoms with van der Waals surface area (Å²) in [5, 5.41) is 3.61. The van der Waals surface area contributed by atoms with Crippen molar-refractivity contribution in [3.8, 4) is 0 Å². The molecule has 124 valence electrons. The Bertz CT molecular complexity index is 312. The van der Waals surface area contributed by atoms with Gasteiger partial charge in [0.15, 0.2) is 0 Å². The quantitative estimate of drug-likeness (QED) is 0.844. The Morgan fingerprint density at radius 1 is 0.952 bits per heavy atom. The molecule has 2 saturated carbocycles. The zero-order chi connectivity index (χ0) is 15.3. The molecule has 0 heterocycles. The molecule has 0 amide bonds. The largest absolute Gasteiger partial charge is 0.411 e. The molecule has 0 spiro atoms. The second-order valence-corrected chi connectivity index (χ2v) is 6.30. The van der Waals surface area contributed by atoms with Crippen molar-refractivity contribution in [3.05, 3.63) is 0 Å². The van der Waals surface area contributed by atoms with Crippen molar-refractivity contribution in [1.29, 1.82) is 0 Å². The van der Waals surface area contributed by atoms with E-state index in [1.165, 1.54) is 0 Å². The van der Waals surface area contributed by atoms with Gasteiger partial charge in [0.2, 0.25) is 0 Å². The maximum atomic E-state index is 12.2. The van der Waals surface area contributed by atoms with E-state index >= 15 is 0 Å². The lowest BCUT2D eigenvalue weighted by Gasteiger charge is -2.36. The fourth-order valence-electron chi connectivity index (χ4n) is 3.50. The summed E-state index contributed by atoms with van der Waals surface area (Å²) < 4.78 is 47.1. The molecular weight excluding hydrogens is 283 g/mol. The number of hydrogen-bond donors (Lipinski definition) is 1. The summed E-state index contributed by atoms with van der Waals surface area (Å²) in [6.07, 6.45) is 3.59. The standard InChI is InChI=1S/C15H26F3NO2/c1-20-13-6-2-4-11(8-13)19-12-5-3-7-14(9-12)21-10-15(16,17)18/h11-14,19H,2-10H2,1H3. The summed E-state index contributed by atoms with van der Waals surface area (Å²) >= 11 is 0. The van der Waals surface area contributed by atoms with Crippen LogP contribution in [0.3, 0.4) is 0 Å². The van der Waals surface area contributed by atoms with Crippen molar-refractivity contribution in [3.63, 3.8) is 0 Å². The molecule has 4 unspecified atom stereocenters. The SMILES string of the molecule is COC1CCCC(NC2CCCC(OCC(F)(F)F)C2)C1. The number of hydrogen-bond acceptors (Lipinski definition) is 3. The summed E-state index contributed by atoms with van der Waals surface area (Å²) in [7, 11) is 1.74. The Kier molecular flexibility index (Phi) is 6.32. The van der Waals surface area contributed by atoms with Crippen molar-refractivity contribution >= 4 is 0 Å². The molecule has 6 heteroatoms. The van der Waals surface area contributed by atoms with Crippen LogP contribution < -0.4 is 5.32 Å². The molecule has 0 aromatic heterocycles. The number of nitrogens with one attached hydrogen (secondary N) is 1. The fourth-order valence-corrected chi connectivity index (χ4v) is 3.50. The third-order valence-corrected chi connectivity index (χ3v) is 4.54. The minimum absolute atomic E-state index is 0.264. The molecule has 0 radical (unpaired) electrons. The van der Waals surface area contributed by atoms with E-state index in [4.69, 9.17) is 9.47 Å². The van der Waals surface area contributed by atoms with Crippen molar-refractivity contribution < 1.29 is 22.6 Å². The van der Waals surface area contributed by atoms with Gasteiger partial charge in [-0.1, -0.05) is 0 Å². The van der Waals surface area contributed by atoms with E-state index < -0.39 is 12.8 Å². The van der Waals surface area contributed by atoms with Crippen molar-refractivity contribution in [2.45, 2.75) is 81.8 Å². The number of methoxy groups -OCH3 is 1. The normalized spacial score (nSPS) is 34.9. The van der Waals surface area contributed by atoms with Crippen LogP contribution in [0.5, 0.6) is 0 Å². The minimum atomic E-state index is -4.23. The van der Waals surface area contributed by atoms with Gasteiger partial charge in [-0.3, -0.25) is 0 Å². The Morgan fingerprint density at radius 2 is 1.52 bits per heavy atom. The van der Waals surface area contributed by atoms with E-state index in [1.807, 2.05) is 0 Å². The highest BCUT2D eigenvalue weighted by Gasteiger charge is 2.32. The molecule has 0 aromatic carbocycles. The summed E-state index contributed by atoms with van der Waals surface area (Å²) in [5.41, 5.74) is 0. The average molecular weight is 309 g/mol. The van der Waals surface area contributed by atoms with Gasteiger partial charge < -0.3 is 14.8 Å². The molecule has 0 aliphatic heterocycles. The van der Waals surface area contributed by atoms with Gasteiger partial charge in [-0.05, 0) is 51.4 Å². The topological polar surface area (TPSA) is 30.5 Å². The number of alkyl halides is 3.